The van der Waals surface area contributed by atoms with Gasteiger partial charge in [-0.05, 0) is 18.6 Å². The molecule has 14 heavy (non-hydrogen) atoms. The van der Waals surface area contributed by atoms with Gasteiger partial charge in [0.2, 0.25) is 0 Å². The molecule has 6 heteroatoms. The monoisotopic (exact) mass is 205 g/mol. The Bertz CT molecular complexity index is 335. The Kier molecular flexibility index (Phi) is 2.66. The highest BCUT2D eigenvalue weighted by Gasteiger charge is 2.38. The molecule has 0 spiro atoms. The van der Waals surface area contributed by atoms with E-state index >= 15 is 0 Å². The Morgan fingerprint density at radius 1 is 1.36 bits per heavy atom. The number of hydrogen-bond donors (Lipinski definition) is 2. The van der Waals surface area contributed by atoms with Gasteiger partial charge in [-0.2, -0.15) is 13.2 Å². The predicted octanol–water partition coefficient (Wildman–Crippen LogP) is 1.53. The van der Waals surface area contributed by atoms with Crippen molar-refractivity contribution in [3.05, 3.63) is 23.4 Å². The molecule has 0 aliphatic carbocycles. The number of pyridine rings is 1. The zero-order valence-corrected chi connectivity index (χ0v) is 7.47. The molecule has 4 N–H and O–H groups in total. The maximum absolute atomic E-state index is 12.2. The number of aromatic nitrogens is 1. The highest BCUT2D eigenvalue weighted by atomic mass is 19.4. The molecule has 3 nitrogen and oxygen atoms in total. The topological polar surface area (TPSA) is 64.9 Å². The predicted molar refractivity (Wildman–Crippen MR) is 46.4 cm³/mol. The third-order valence-corrected chi connectivity index (χ3v) is 1.84. The zero-order chi connectivity index (χ0) is 10.9. The first-order chi connectivity index (χ1) is 6.32. The highest BCUT2D eigenvalue weighted by Crippen LogP contribution is 2.31. The van der Waals surface area contributed by atoms with Gasteiger partial charge in [0.05, 0.1) is 0 Å². The van der Waals surface area contributed by atoms with Crippen LogP contribution in [0.3, 0.4) is 0 Å². The molecule has 78 valence electrons. The van der Waals surface area contributed by atoms with E-state index in [-0.39, 0.29) is 17.1 Å². The lowest BCUT2D eigenvalue weighted by atomic mass is 10.1. The lowest BCUT2D eigenvalue weighted by Crippen LogP contribution is -2.29. The molecule has 0 fully saturated rings. The minimum absolute atomic E-state index is 0.0494. The number of nitrogens with zero attached hydrogens (tertiary/aromatic N) is 1. The average Bonchev–Trinajstić information content (AvgIpc) is 2.01. The summed E-state index contributed by atoms with van der Waals surface area (Å²) in [5.74, 6) is 0.181. The van der Waals surface area contributed by atoms with E-state index in [4.69, 9.17) is 11.5 Å². The first-order valence-electron chi connectivity index (χ1n) is 3.87. The second kappa shape index (κ2) is 3.45. The molecule has 0 bridgehead atoms. The maximum Gasteiger partial charge on any atom is 0.407 e. The van der Waals surface area contributed by atoms with Crippen molar-refractivity contribution in [1.29, 1.82) is 0 Å². The molecule has 0 aromatic carbocycles. The van der Waals surface area contributed by atoms with Crippen molar-refractivity contribution in [3.63, 3.8) is 0 Å². The number of nitrogens with two attached hydrogens (primary N) is 2. The quantitative estimate of drug-likeness (QED) is 0.730. The Morgan fingerprint density at radius 3 is 2.36 bits per heavy atom. The summed E-state index contributed by atoms with van der Waals surface area (Å²) in [6, 6.07) is 0.541. The van der Waals surface area contributed by atoms with Crippen molar-refractivity contribution in [2.45, 2.75) is 19.1 Å². The van der Waals surface area contributed by atoms with E-state index in [1.807, 2.05) is 0 Å². The number of anilines is 1. The molecule has 0 unspecified atom stereocenters. The van der Waals surface area contributed by atoms with E-state index in [0.29, 0.717) is 0 Å². The van der Waals surface area contributed by atoms with E-state index in [2.05, 4.69) is 4.98 Å². The molecule has 0 saturated carbocycles. The van der Waals surface area contributed by atoms with Crippen LogP contribution in [-0.4, -0.2) is 11.2 Å². The summed E-state index contributed by atoms with van der Waals surface area (Å²) in [7, 11) is 0. The summed E-state index contributed by atoms with van der Waals surface area (Å²) >= 11 is 0. The minimum Gasteiger partial charge on any atom is -0.384 e. The number of aryl methyl sites for hydroxylation is 1. The molecular weight excluding hydrogens is 195 g/mol. The summed E-state index contributed by atoms with van der Waals surface area (Å²) in [6.07, 6.45) is -4.46. The second-order valence-corrected chi connectivity index (χ2v) is 2.93. The van der Waals surface area contributed by atoms with Gasteiger partial charge in [0.1, 0.15) is 11.9 Å². The van der Waals surface area contributed by atoms with Crippen LogP contribution in [-0.2, 0) is 0 Å². The fourth-order valence-corrected chi connectivity index (χ4v) is 1.10. The number of halogens is 3. The van der Waals surface area contributed by atoms with Crippen molar-refractivity contribution in [2.24, 2.45) is 5.73 Å². The van der Waals surface area contributed by atoms with Gasteiger partial charge >= 0.3 is 6.18 Å². The molecule has 0 radical (unpaired) electrons. The Balaban J connectivity index is 3.08. The van der Waals surface area contributed by atoms with Crippen LogP contribution in [0.15, 0.2) is 12.1 Å². The minimum atomic E-state index is -4.46. The van der Waals surface area contributed by atoms with Crippen molar-refractivity contribution < 1.29 is 13.2 Å². The van der Waals surface area contributed by atoms with Crippen molar-refractivity contribution in [1.82, 2.24) is 4.98 Å². The zero-order valence-electron chi connectivity index (χ0n) is 7.47. The summed E-state index contributed by atoms with van der Waals surface area (Å²) in [4.78, 5) is 3.71. The number of hydrogen-bond acceptors (Lipinski definition) is 3. The Morgan fingerprint density at radius 2 is 1.93 bits per heavy atom. The molecule has 0 aliphatic heterocycles. The van der Waals surface area contributed by atoms with Crippen LogP contribution in [0.1, 0.15) is 17.3 Å². The average molecular weight is 205 g/mol. The van der Waals surface area contributed by atoms with E-state index in [0.717, 1.165) is 0 Å². The number of alkyl halides is 3. The van der Waals surface area contributed by atoms with E-state index in [1.165, 1.54) is 19.1 Å². The fourth-order valence-electron chi connectivity index (χ4n) is 1.10. The maximum atomic E-state index is 12.2. The molecule has 1 rings (SSSR count). The number of nitrogen functional groups attached to an aromatic ring is 1. The summed E-state index contributed by atoms with van der Waals surface area (Å²) < 4.78 is 36.7. The highest BCUT2D eigenvalue weighted by molar-refractivity contribution is 5.35. The number of rotatable bonds is 1. The van der Waals surface area contributed by atoms with Crippen LogP contribution in [0.5, 0.6) is 0 Å². The largest absolute Gasteiger partial charge is 0.407 e. The molecule has 1 aromatic rings. The van der Waals surface area contributed by atoms with Gasteiger partial charge in [-0.25, -0.2) is 4.98 Å². The summed E-state index contributed by atoms with van der Waals surface area (Å²) in [5.41, 5.74) is 10.5. The van der Waals surface area contributed by atoms with Gasteiger partial charge in [-0.3, -0.25) is 0 Å². The second-order valence-electron chi connectivity index (χ2n) is 2.93. The third-order valence-electron chi connectivity index (χ3n) is 1.84. The lowest BCUT2D eigenvalue weighted by Gasteiger charge is -2.17. The molecule has 1 aromatic heterocycles. The molecule has 1 heterocycles. The van der Waals surface area contributed by atoms with Gasteiger partial charge in [0.25, 0.3) is 0 Å². The van der Waals surface area contributed by atoms with E-state index in [1.54, 1.807) is 0 Å². The van der Waals surface area contributed by atoms with Crippen LogP contribution in [0.25, 0.3) is 0 Å². The smallest absolute Gasteiger partial charge is 0.384 e. The lowest BCUT2D eigenvalue weighted by molar-refractivity contribution is -0.149. The first-order valence-corrected chi connectivity index (χ1v) is 3.87. The summed E-state index contributed by atoms with van der Waals surface area (Å²) in [6.45, 7) is 1.44. The normalized spacial score (nSPS) is 14.1. The first kappa shape index (κ1) is 10.8. The van der Waals surface area contributed by atoms with Gasteiger partial charge < -0.3 is 11.5 Å². The van der Waals surface area contributed by atoms with E-state index < -0.39 is 12.2 Å². The van der Waals surface area contributed by atoms with Crippen LogP contribution in [0.2, 0.25) is 0 Å². The van der Waals surface area contributed by atoms with Crippen molar-refractivity contribution in [3.8, 4) is 0 Å². The Hall–Kier alpha value is -1.30. The standard InChI is InChI=1S/C8H10F3N3/c1-4-5(2-3-6(12)14-4)7(13)8(9,10)11/h2-3,7H,13H2,1H3,(H2,12,14)/t7-/m0/s1. The van der Waals surface area contributed by atoms with Gasteiger partial charge in [0, 0.05) is 5.69 Å². The SMILES string of the molecule is Cc1nc(N)ccc1[C@H](N)C(F)(F)F. The van der Waals surface area contributed by atoms with E-state index in [9.17, 15) is 13.2 Å². The van der Waals surface area contributed by atoms with Crippen molar-refractivity contribution >= 4 is 5.82 Å². The van der Waals surface area contributed by atoms with Gasteiger partial charge in [0.15, 0.2) is 0 Å². The molecule has 0 aliphatic rings. The van der Waals surface area contributed by atoms with Crippen LogP contribution in [0, 0.1) is 6.92 Å². The van der Waals surface area contributed by atoms with Crippen LogP contribution >= 0.6 is 0 Å². The molecular formula is C8H10F3N3. The van der Waals surface area contributed by atoms with Crippen LogP contribution < -0.4 is 11.5 Å². The molecule has 1 atom stereocenters. The van der Waals surface area contributed by atoms with Gasteiger partial charge in [-0.1, -0.05) is 6.07 Å². The van der Waals surface area contributed by atoms with Crippen molar-refractivity contribution in [2.75, 3.05) is 5.73 Å². The van der Waals surface area contributed by atoms with Crippen LogP contribution in [0.4, 0.5) is 19.0 Å². The third kappa shape index (κ3) is 2.14. The fraction of sp³-hybridized carbons (Fsp3) is 0.375. The molecule has 0 amide bonds. The van der Waals surface area contributed by atoms with Gasteiger partial charge in [-0.15, -0.1) is 0 Å². The summed E-state index contributed by atoms with van der Waals surface area (Å²) in [5, 5.41) is 0. The molecule has 0 saturated heterocycles. The Labute approximate surface area is 78.9 Å².